The average molecular weight is 454 g/mol. The lowest BCUT2D eigenvalue weighted by Gasteiger charge is -2.11. The first-order chi connectivity index (χ1) is 14.0. The SMILES string of the molecule is Cc1cc(NS(=O)(=O)c2ccc(NS(=O)(=O)c3cc(F)ccc3F)cc2)nc(C)n1. The Morgan fingerprint density at radius 3 is 2.10 bits per heavy atom. The zero-order valence-corrected chi connectivity index (χ0v) is 17.4. The second-order valence-electron chi connectivity index (χ2n) is 6.25. The molecule has 0 saturated carbocycles. The highest BCUT2D eigenvalue weighted by Gasteiger charge is 2.21. The maximum Gasteiger partial charge on any atom is 0.264 e. The smallest absolute Gasteiger partial charge is 0.264 e. The van der Waals surface area contributed by atoms with Gasteiger partial charge in [-0.05, 0) is 56.3 Å². The summed E-state index contributed by atoms with van der Waals surface area (Å²) in [6.07, 6.45) is 0. The number of aryl methyl sites for hydroxylation is 2. The normalized spacial score (nSPS) is 11.9. The summed E-state index contributed by atoms with van der Waals surface area (Å²) in [5.41, 5.74) is 0.542. The largest absolute Gasteiger partial charge is 0.280 e. The molecule has 158 valence electrons. The van der Waals surface area contributed by atoms with Gasteiger partial charge in [0.25, 0.3) is 20.0 Å². The molecule has 0 fully saturated rings. The molecule has 0 bridgehead atoms. The molecule has 2 N–H and O–H groups in total. The Bertz CT molecular complexity index is 1290. The van der Waals surface area contributed by atoms with Crippen molar-refractivity contribution < 1.29 is 25.6 Å². The van der Waals surface area contributed by atoms with Gasteiger partial charge in [0.15, 0.2) is 0 Å². The first kappa shape index (κ1) is 21.6. The van der Waals surface area contributed by atoms with Gasteiger partial charge in [0.05, 0.1) is 4.90 Å². The van der Waals surface area contributed by atoms with Crippen LogP contribution in [0.3, 0.4) is 0 Å². The highest BCUT2D eigenvalue weighted by molar-refractivity contribution is 7.93. The molecule has 1 aromatic heterocycles. The molecule has 2 aromatic carbocycles. The summed E-state index contributed by atoms with van der Waals surface area (Å²) < 4.78 is 81.1. The van der Waals surface area contributed by atoms with Gasteiger partial charge in [0.1, 0.15) is 28.2 Å². The Hall–Kier alpha value is -3.12. The molecule has 3 rings (SSSR count). The van der Waals surface area contributed by atoms with E-state index in [1.54, 1.807) is 13.8 Å². The van der Waals surface area contributed by atoms with Crippen LogP contribution in [0.5, 0.6) is 0 Å². The Labute approximate surface area is 172 Å². The van der Waals surface area contributed by atoms with E-state index in [1.807, 2.05) is 0 Å². The summed E-state index contributed by atoms with van der Waals surface area (Å²) in [4.78, 5) is 7.04. The van der Waals surface area contributed by atoms with E-state index in [2.05, 4.69) is 19.4 Å². The van der Waals surface area contributed by atoms with Gasteiger partial charge in [0, 0.05) is 17.4 Å². The van der Waals surface area contributed by atoms with E-state index in [4.69, 9.17) is 0 Å². The van der Waals surface area contributed by atoms with Crippen LogP contribution in [0.15, 0.2) is 58.3 Å². The van der Waals surface area contributed by atoms with Crippen molar-refractivity contribution in [2.45, 2.75) is 23.6 Å². The first-order valence-electron chi connectivity index (χ1n) is 8.39. The van der Waals surface area contributed by atoms with Gasteiger partial charge in [-0.15, -0.1) is 0 Å². The minimum atomic E-state index is -4.42. The van der Waals surface area contributed by atoms with Crippen LogP contribution >= 0.6 is 0 Å². The van der Waals surface area contributed by atoms with Gasteiger partial charge in [-0.2, -0.15) is 0 Å². The summed E-state index contributed by atoms with van der Waals surface area (Å²) in [5.74, 6) is -1.56. The van der Waals surface area contributed by atoms with Crippen LogP contribution in [0.2, 0.25) is 0 Å². The monoisotopic (exact) mass is 454 g/mol. The van der Waals surface area contributed by atoms with E-state index in [1.165, 1.54) is 18.2 Å². The van der Waals surface area contributed by atoms with E-state index < -0.39 is 36.6 Å². The van der Waals surface area contributed by atoms with E-state index in [0.29, 0.717) is 23.7 Å². The van der Waals surface area contributed by atoms with Crippen molar-refractivity contribution >= 4 is 31.6 Å². The molecule has 0 amide bonds. The lowest BCUT2D eigenvalue weighted by atomic mass is 10.3. The predicted octanol–water partition coefficient (Wildman–Crippen LogP) is 2.97. The van der Waals surface area contributed by atoms with Crippen molar-refractivity contribution in [2.75, 3.05) is 9.44 Å². The first-order valence-corrected chi connectivity index (χ1v) is 11.4. The van der Waals surface area contributed by atoms with Crippen molar-refractivity contribution in [2.24, 2.45) is 0 Å². The van der Waals surface area contributed by atoms with E-state index in [0.717, 1.165) is 18.2 Å². The highest BCUT2D eigenvalue weighted by Crippen LogP contribution is 2.22. The van der Waals surface area contributed by atoms with Crippen LogP contribution in [-0.2, 0) is 20.0 Å². The zero-order chi connectivity index (χ0) is 22.1. The second-order valence-corrected chi connectivity index (χ2v) is 9.59. The molecule has 0 atom stereocenters. The Morgan fingerprint density at radius 1 is 0.800 bits per heavy atom. The number of sulfonamides is 2. The van der Waals surface area contributed by atoms with E-state index in [9.17, 15) is 25.6 Å². The number of anilines is 2. The number of halogens is 2. The minimum absolute atomic E-state index is 0.0358. The third-order valence-electron chi connectivity index (χ3n) is 3.80. The molecule has 0 saturated heterocycles. The van der Waals surface area contributed by atoms with E-state index in [-0.39, 0.29) is 16.4 Å². The fraction of sp³-hybridized carbons (Fsp3) is 0.111. The van der Waals surface area contributed by atoms with Crippen molar-refractivity contribution in [3.8, 4) is 0 Å². The Balaban J connectivity index is 1.82. The van der Waals surface area contributed by atoms with Crippen LogP contribution in [0.1, 0.15) is 11.5 Å². The van der Waals surface area contributed by atoms with Gasteiger partial charge in [-0.3, -0.25) is 9.44 Å². The molecule has 3 aromatic rings. The van der Waals surface area contributed by atoms with Crippen molar-refractivity contribution in [3.63, 3.8) is 0 Å². The molecule has 0 aliphatic heterocycles. The zero-order valence-electron chi connectivity index (χ0n) is 15.7. The van der Waals surface area contributed by atoms with E-state index >= 15 is 0 Å². The standard InChI is InChI=1S/C18H16F2N4O4S2/c1-11-9-18(22-12(2)21-11)24-29(25,26)15-6-4-14(5-7-15)23-30(27,28)17-10-13(19)3-8-16(17)20/h3-10,23H,1-2H3,(H,21,22,24). The third-order valence-corrected chi connectivity index (χ3v) is 6.57. The van der Waals surface area contributed by atoms with Gasteiger partial charge in [-0.1, -0.05) is 0 Å². The molecule has 0 aliphatic rings. The minimum Gasteiger partial charge on any atom is -0.280 e. The van der Waals surface area contributed by atoms with Crippen LogP contribution in [0.4, 0.5) is 20.3 Å². The van der Waals surface area contributed by atoms with Crippen LogP contribution in [0.25, 0.3) is 0 Å². The fourth-order valence-corrected chi connectivity index (χ4v) is 4.70. The maximum atomic E-state index is 13.8. The van der Waals surface area contributed by atoms with Crippen molar-refractivity contribution in [3.05, 3.63) is 71.7 Å². The molecular formula is C18H16F2N4O4S2. The van der Waals surface area contributed by atoms with Crippen LogP contribution in [-0.4, -0.2) is 26.8 Å². The molecule has 8 nitrogen and oxygen atoms in total. The van der Waals surface area contributed by atoms with Gasteiger partial charge >= 0.3 is 0 Å². The summed E-state index contributed by atoms with van der Waals surface area (Å²) >= 11 is 0. The third kappa shape index (κ3) is 4.89. The quantitative estimate of drug-likeness (QED) is 0.591. The predicted molar refractivity (Wildman–Crippen MR) is 106 cm³/mol. The fourth-order valence-electron chi connectivity index (χ4n) is 2.56. The molecule has 0 unspecified atom stereocenters. The molecule has 12 heteroatoms. The average Bonchev–Trinajstić information content (AvgIpc) is 2.62. The maximum absolute atomic E-state index is 13.8. The molecule has 0 aliphatic carbocycles. The van der Waals surface area contributed by atoms with Gasteiger partial charge in [-0.25, -0.2) is 35.6 Å². The molecule has 1 heterocycles. The lowest BCUT2D eigenvalue weighted by Crippen LogP contribution is -2.16. The summed E-state index contributed by atoms with van der Waals surface area (Å²) in [6.45, 7) is 3.31. The Morgan fingerprint density at radius 2 is 1.47 bits per heavy atom. The molecule has 0 radical (unpaired) electrons. The van der Waals surface area contributed by atoms with Crippen LogP contribution in [0, 0.1) is 25.5 Å². The lowest BCUT2D eigenvalue weighted by molar-refractivity contribution is 0.555. The van der Waals surface area contributed by atoms with Crippen LogP contribution < -0.4 is 9.44 Å². The molecular weight excluding hydrogens is 438 g/mol. The molecule has 0 spiro atoms. The second kappa shape index (κ2) is 7.95. The highest BCUT2D eigenvalue weighted by atomic mass is 32.2. The van der Waals surface area contributed by atoms with Crippen molar-refractivity contribution in [1.29, 1.82) is 0 Å². The number of hydrogen-bond donors (Lipinski definition) is 2. The number of nitrogens with one attached hydrogen (secondary N) is 2. The van der Waals surface area contributed by atoms with Gasteiger partial charge < -0.3 is 0 Å². The number of rotatable bonds is 6. The number of nitrogens with zero attached hydrogens (tertiary/aromatic N) is 2. The van der Waals surface area contributed by atoms with Crippen molar-refractivity contribution in [1.82, 2.24) is 9.97 Å². The number of aromatic nitrogens is 2. The Kier molecular flexibility index (Phi) is 5.72. The van der Waals surface area contributed by atoms with Gasteiger partial charge in [0.2, 0.25) is 0 Å². The summed E-state index contributed by atoms with van der Waals surface area (Å²) in [6, 6.07) is 8.17. The number of hydrogen-bond acceptors (Lipinski definition) is 6. The summed E-state index contributed by atoms with van der Waals surface area (Å²) in [5, 5.41) is 0. The topological polar surface area (TPSA) is 118 Å². The number of benzene rings is 2. The summed E-state index contributed by atoms with van der Waals surface area (Å²) in [7, 11) is -8.42. The molecule has 30 heavy (non-hydrogen) atoms.